The fraction of sp³-hybridized carbons (Fsp3) is 0.278. The molecule has 1 aliphatic heterocycles. The third-order valence-electron chi connectivity index (χ3n) is 3.84. The molecule has 2 unspecified atom stereocenters. The van der Waals surface area contributed by atoms with Gasteiger partial charge in [-0.25, -0.2) is 4.39 Å². The summed E-state index contributed by atoms with van der Waals surface area (Å²) in [5, 5.41) is 2.95. The van der Waals surface area contributed by atoms with Crippen LogP contribution in [0.15, 0.2) is 46.9 Å². The summed E-state index contributed by atoms with van der Waals surface area (Å²) >= 11 is 3.19. The van der Waals surface area contributed by atoms with Crippen LogP contribution in [0.25, 0.3) is 0 Å². The van der Waals surface area contributed by atoms with Crippen LogP contribution < -0.4 is 14.8 Å². The van der Waals surface area contributed by atoms with Crippen LogP contribution in [-0.4, -0.2) is 18.6 Å². The molecule has 2 aromatic carbocycles. The first kappa shape index (κ1) is 16.8. The number of hydrogen-bond donors (Lipinski definition) is 1. The van der Waals surface area contributed by atoms with Crippen molar-refractivity contribution in [1.82, 2.24) is 5.32 Å². The van der Waals surface area contributed by atoms with Crippen molar-refractivity contribution in [2.45, 2.75) is 25.5 Å². The molecule has 24 heavy (non-hydrogen) atoms. The molecule has 0 saturated heterocycles. The van der Waals surface area contributed by atoms with E-state index in [1.807, 2.05) is 24.3 Å². The molecule has 1 amide bonds. The highest BCUT2D eigenvalue weighted by molar-refractivity contribution is 9.10. The Balaban J connectivity index is 1.67. The average molecular weight is 394 g/mol. The van der Waals surface area contributed by atoms with Gasteiger partial charge in [0.1, 0.15) is 5.75 Å². The Morgan fingerprint density at radius 1 is 1.38 bits per heavy atom. The molecule has 0 aliphatic carbocycles. The summed E-state index contributed by atoms with van der Waals surface area (Å²) in [7, 11) is 0. The number of para-hydroxylation sites is 1. The van der Waals surface area contributed by atoms with E-state index in [9.17, 15) is 9.18 Å². The minimum atomic E-state index is -0.810. The largest absolute Gasteiger partial charge is 0.493 e. The lowest BCUT2D eigenvalue weighted by Crippen LogP contribution is -2.40. The third kappa shape index (κ3) is 3.70. The summed E-state index contributed by atoms with van der Waals surface area (Å²) in [5.41, 5.74) is 0.944. The quantitative estimate of drug-likeness (QED) is 0.853. The second-order valence-corrected chi connectivity index (χ2v) is 6.49. The molecule has 3 rings (SSSR count). The molecular weight excluding hydrogens is 377 g/mol. The number of halogens is 2. The fourth-order valence-electron chi connectivity index (χ4n) is 2.60. The average Bonchev–Trinajstić information content (AvgIpc) is 2.57. The molecular formula is C18H17BrFNO3. The minimum absolute atomic E-state index is 0.0493. The van der Waals surface area contributed by atoms with E-state index >= 15 is 0 Å². The van der Waals surface area contributed by atoms with Crippen LogP contribution in [0.4, 0.5) is 4.39 Å². The van der Waals surface area contributed by atoms with Crippen LogP contribution in [0, 0.1) is 5.82 Å². The van der Waals surface area contributed by atoms with E-state index in [0.29, 0.717) is 17.5 Å². The van der Waals surface area contributed by atoms with Gasteiger partial charge < -0.3 is 14.8 Å². The van der Waals surface area contributed by atoms with Crippen molar-refractivity contribution < 1.29 is 18.7 Å². The van der Waals surface area contributed by atoms with E-state index in [1.54, 1.807) is 13.0 Å². The van der Waals surface area contributed by atoms with Crippen LogP contribution >= 0.6 is 15.9 Å². The van der Waals surface area contributed by atoms with Crippen molar-refractivity contribution in [3.63, 3.8) is 0 Å². The van der Waals surface area contributed by atoms with E-state index in [4.69, 9.17) is 9.47 Å². The zero-order valence-electron chi connectivity index (χ0n) is 13.1. The number of fused-ring (bicyclic) bond motifs is 1. The number of ether oxygens (including phenoxy) is 2. The topological polar surface area (TPSA) is 47.6 Å². The maximum Gasteiger partial charge on any atom is 0.261 e. The number of nitrogens with one attached hydrogen (secondary N) is 1. The number of benzene rings is 2. The monoisotopic (exact) mass is 393 g/mol. The molecule has 4 nitrogen and oxygen atoms in total. The molecule has 1 aliphatic rings. The highest BCUT2D eigenvalue weighted by Crippen LogP contribution is 2.31. The first-order valence-corrected chi connectivity index (χ1v) is 8.47. The molecule has 0 fully saturated rings. The molecule has 126 valence electrons. The Kier molecular flexibility index (Phi) is 5.04. The Bertz CT molecular complexity index is 753. The van der Waals surface area contributed by atoms with Gasteiger partial charge in [0.15, 0.2) is 17.7 Å². The molecule has 0 bridgehead atoms. The van der Waals surface area contributed by atoms with Gasteiger partial charge >= 0.3 is 0 Å². The van der Waals surface area contributed by atoms with Gasteiger partial charge in [0, 0.05) is 16.5 Å². The van der Waals surface area contributed by atoms with Gasteiger partial charge in [0.2, 0.25) is 0 Å². The Hall–Kier alpha value is -2.08. The summed E-state index contributed by atoms with van der Waals surface area (Å²) in [6.07, 6.45) is -0.127. The number of carbonyl (C=O) groups excluding carboxylic acids is 1. The van der Waals surface area contributed by atoms with E-state index in [-0.39, 0.29) is 17.7 Å². The second-order valence-electron chi connectivity index (χ2n) is 5.57. The Labute approximate surface area is 148 Å². The van der Waals surface area contributed by atoms with Gasteiger partial charge in [0.05, 0.1) is 12.6 Å². The number of carbonyl (C=O) groups is 1. The van der Waals surface area contributed by atoms with E-state index in [2.05, 4.69) is 21.2 Å². The van der Waals surface area contributed by atoms with Gasteiger partial charge in [-0.3, -0.25) is 4.79 Å². The third-order valence-corrected chi connectivity index (χ3v) is 4.34. The smallest absolute Gasteiger partial charge is 0.261 e. The standard InChI is InChI=1S/C18H17BrFNO3/c1-11(24-17-7-6-12(19)10-14(17)20)18(22)21-15-8-9-23-16-5-3-2-4-13(15)16/h2-7,10-11,15H,8-9H2,1H3,(H,21,22). The zero-order chi connectivity index (χ0) is 17.1. The maximum atomic E-state index is 13.8. The lowest BCUT2D eigenvalue weighted by atomic mass is 10.0. The number of hydrogen-bond acceptors (Lipinski definition) is 3. The predicted molar refractivity (Wildman–Crippen MR) is 91.6 cm³/mol. The number of amides is 1. The van der Waals surface area contributed by atoms with E-state index in [1.165, 1.54) is 12.1 Å². The van der Waals surface area contributed by atoms with Crippen molar-refractivity contribution in [3.8, 4) is 11.5 Å². The Morgan fingerprint density at radius 2 is 2.17 bits per heavy atom. The lowest BCUT2D eigenvalue weighted by molar-refractivity contribution is -0.128. The van der Waals surface area contributed by atoms with Crippen molar-refractivity contribution in [3.05, 3.63) is 58.3 Å². The summed E-state index contributed by atoms with van der Waals surface area (Å²) in [6.45, 7) is 2.14. The number of rotatable bonds is 4. The normalized spacial score (nSPS) is 17.4. The molecule has 2 atom stereocenters. The molecule has 0 saturated carbocycles. The molecule has 1 N–H and O–H groups in total. The van der Waals surface area contributed by atoms with Crippen LogP contribution in [0.5, 0.6) is 11.5 Å². The summed E-state index contributed by atoms with van der Waals surface area (Å²) < 4.78 is 25.5. The van der Waals surface area contributed by atoms with Crippen LogP contribution in [0.1, 0.15) is 24.9 Å². The molecule has 0 aromatic heterocycles. The lowest BCUT2D eigenvalue weighted by Gasteiger charge is -2.27. The minimum Gasteiger partial charge on any atom is -0.493 e. The van der Waals surface area contributed by atoms with Crippen molar-refractivity contribution in [2.24, 2.45) is 0 Å². The SMILES string of the molecule is CC(Oc1ccc(Br)cc1F)C(=O)NC1CCOc2ccccc21. The first-order chi connectivity index (χ1) is 11.5. The van der Waals surface area contributed by atoms with Crippen LogP contribution in [0.3, 0.4) is 0 Å². The van der Waals surface area contributed by atoms with Gasteiger partial charge in [-0.15, -0.1) is 0 Å². The van der Waals surface area contributed by atoms with Crippen molar-refractivity contribution in [1.29, 1.82) is 0 Å². The van der Waals surface area contributed by atoms with Crippen molar-refractivity contribution in [2.75, 3.05) is 6.61 Å². The Morgan fingerprint density at radius 3 is 2.96 bits per heavy atom. The van der Waals surface area contributed by atoms with Crippen molar-refractivity contribution >= 4 is 21.8 Å². The molecule has 0 spiro atoms. The highest BCUT2D eigenvalue weighted by Gasteiger charge is 2.25. The van der Waals surface area contributed by atoms with E-state index < -0.39 is 11.9 Å². The predicted octanol–water partition coefficient (Wildman–Crippen LogP) is 4.00. The van der Waals surface area contributed by atoms with Crippen LogP contribution in [-0.2, 0) is 4.79 Å². The van der Waals surface area contributed by atoms with Gasteiger partial charge in [0.25, 0.3) is 5.91 Å². The highest BCUT2D eigenvalue weighted by atomic mass is 79.9. The van der Waals surface area contributed by atoms with Crippen LogP contribution in [0.2, 0.25) is 0 Å². The van der Waals surface area contributed by atoms with Gasteiger partial charge in [-0.05, 0) is 31.2 Å². The fourth-order valence-corrected chi connectivity index (χ4v) is 2.93. The molecule has 6 heteroatoms. The van der Waals surface area contributed by atoms with E-state index in [0.717, 1.165) is 11.3 Å². The summed E-state index contributed by atoms with van der Waals surface area (Å²) in [6, 6.07) is 11.9. The summed E-state index contributed by atoms with van der Waals surface area (Å²) in [5.74, 6) is 0.0225. The van der Waals surface area contributed by atoms with Gasteiger partial charge in [-0.2, -0.15) is 0 Å². The molecule has 2 aromatic rings. The second kappa shape index (κ2) is 7.21. The zero-order valence-corrected chi connectivity index (χ0v) is 14.7. The summed E-state index contributed by atoms with van der Waals surface area (Å²) in [4.78, 5) is 12.4. The first-order valence-electron chi connectivity index (χ1n) is 7.68. The molecule has 0 radical (unpaired) electrons. The molecule has 1 heterocycles. The maximum absolute atomic E-state index is 13.8. The van der Waals surface area contributed by atoms with Gasteiger partial charge in [-0.1, -0.05) is 34.1 Å².